The molecule has 0 heterocycles. The van der Waals surface area contributed by atoms with Gasteiger partial charge in [-0.25, -0.2) is 0 Å². The summed E-state index contributed by atoms with van der Waals surface area (Å²) in [5, 5.41) is 0. The van der Waals surface area contributed by atoms with Gasteiger partial charge in [0.05, 0.1) is 11.4 Å². The van der Waals surface area contributed by atoms with E-state index in [1.807, 2.05) is 0 Å². The van der Waals surface area contributed by atoms with E-state index in [4.69, 9.17) is 16.2 Å². The maximum Gasteiger partial charge on any atom is 0.422 e. The second-order valence-electron chi connectivity index (χ2n) is 3.85. The maximum absolute atomic E-state index is 13.0. The number of hydrogen-bond donors (Lipinski definition) is 2. The number of rotatable bonds is 2. The van der Waals surface area contributed by atoms with Gasteiger partial charge in [-0.2, -0.15) is 13.2 Å². The van der Waals surface area contributed by atoms with Crippen LogP contribution in [0.5, 0.6) is 11.5 Å². The van der Waals surface area contributed by atoms with Crippen molar-refractivity contribution in [3.05, 3.63) is 48.0 Å². The van der Waals surface area contributed by atoms with E-state index in [1.54, 1.807) is 30.3 Å². The Kier molecular flexibility index (Phi) is 3.25. The molecule has 2 aromatic rings. The molecule has 3 nitrogen and oxygen atoms in total. The molecule has 0 aromatic heterocycles. The van der Waals surface area contributed by atoms with E-state index in [-0.39, 0.29) is 17.2 Å². The van der Waals surface area contributed by atoms with Crippen LogP contribution in [-0.2, 0) is 6.18 Å². The molecule has 0 bridgehead atoms. The second kappa shape index (κ2) is 4.72. The maximum atomic E-state index is 13.0. The molecule has 0 aliphatic rings. The number of hydrogen-bond acceptors (Lipinski definition) is 3. The van der Waals surface area contributed by atoms with Gasteiger partial charge in [0, 0.05) is 0 Å². The van der Waals surface area contributed by atoms with Gasteiger partial charge < -0.3 is 16.2 Å². The summed E-state index contributed by atoms with van der Waals surface area (Å²) in [7, 11) is 0. The standard InChI is InChI=1S/C13H11F3N2O/c14-13(15,16)11-10(7-6-9(17)12(11)18)19-8-4-2-1-3-5-8/h1-7H,17-18H2. The molecule has 2 aromatic carbocycles. The zero-order valence-electron chi connectivity index (χ0n) is 9.74. The average molecular weight is 268 g/mol. The number of alkyl halides is 3. The largest absolute Gasteiger partial charge is 0.457 e. The highest BCUT2D eigenvalue weighted by Gasteiger charge is 2.37. The molecule has 0 fully saturated rings. The minimum absolute atomic E-state index is 0.132. The first-order valence-corrected chi connectivity index (χ1v) is 5.37. The Morgan fingerprint density at radius 2 is 1.53 bits per heavy atom. The van der Waals surface area contributed by atoms with Crippen molar-refractivity contribution < 1.29 is 17.9 Å². The van der Waals surface area contributed by atoms with E-state index >= 15 is 0 Å². The summed E-state index contributed by atoms with van der Waals surface area (Å²) in [4.78, 5) is 0. The molecule has 19 heavy (non-hydrogen) atoms. The van der Waals surface area contributed by atoms with Gasteiger partial charge in [-0.05, 0) is 24.3 Å². The van der Waals surface area contributed by atoms with Crippen LogP contribution in [0, 0.1) is 0 Å². The van der Waals surface area contributed by atoms with Gasteiger partial charge in [-0.15, -0.1) is 0 Å². The van der Waals surface area contributed by atoms with Crippen molar-refractivity contribution in [3.8, 4) is 11.5 Å². The molecule has 4 N–H and O–H groups in total. The average Bonchev–Trinajstić information content (AvgIpc) is 2.34. The molecule has 0 atom stereocenters. The van der Waals surface area contributed by atoms with Crippen molar-refractivity contribution >= 4 is 11.4 Å². The number of anilines is 2. The first-order chi connectivity index (χ1) is 8.89. The van der Waals surface area contributed by atoms with Crippen LogP contribution in [0.4, 0.5) is 24.5 Å². The number of halogens is 3. The van der Waals surface area contributed by atoms with Crippen molar-refractivity contribution in [2.45, 2.75) is 6.18 Å². The Bertz CT molecular complexity index is 582. The lowest BCUT2D eigenvalue weighted by atomic mass is 10.1. The van der Waals surface area contributed by atoms with Gasteiger partial charge in [-0.1, -0.05) is 18.2 Å². The Balaban J connectivity index is 2.49. The number of para-hydroxylation sites is 1. The monoisotopic (exact) mass is 268 g/mol. The molecule has 0 saturated heterocycles. The number of nitrogens with two attached hydrogens (primary N) is 2. The van der Waals surface area contributed by atoms with E-state index in [0.29, 0.717) is 0 Å². The molecule has 0 spiro atoms. The van der Waals surface area contributed by atoms with E-state index < -0.39 is 17.4 Å². The van der Waals surface area contributed by atoms with Gasteiger partial charge in [0.2, 0.25) is 0 Å². The first-order valence-electron chi connectivity index (χ1n) is 5.37. The summed E-state index contributed by atoms with van der Waals surface area (Å²) < 4.78 is 44.1. The Hall–Kier alpha value is -2.37. The fourth-order valence-electron chi connectivity index (χ4n) is 1.61. The van der Waals surface area contributed by atoms with Crippen molar-refractivity contribution in [1.29, 1.82) is 0 Å². The highest BCUT2D eigenvalue weighted by molar-refractivity contribution is 5.72. The molecule has 0 saturated carbocycles. The van der Waals surface area contributed by atoms with E-state index in [9.17, 15) is 13.2 Å². The Morgan fingerprint density at radius 1 is 0.895 bits per heavy atom. The van der Waals surface area contributed by atoms with Crippen molar-refractivity contribution in [2.75, 3.05) is 11.5 Å². The van der Waals surface area contributed by atoms with Crippen LogP contribution >= 0.6 is 0 Å². The van der Waals surface area contributed by atoms with Crippen molar-refractivity contribution in [2.24, 2.45) is 0 Å². The molecule has 0 amide bonds. The molecular formula is C13H11F3N2O. The second-order valence-corrected chi connectivity index (χ2v) is 3.85. The third kappa shape index (κ3) is 2.73. The zero-order valence-corrected chi connectivity index (χ0v) is 9.74. The molecule has 0 aliphatic carbocycles. The molecule has 0 unspecified atom stereocenters. The summed E-state index contributed by atoms with van der Waals surface area (Å²) in [6.45, 7) is 0. The Morgan fingerprint density at radius 3 is 2.11 bits per heavy atom. The lowest BCUT2D eigenvalue weighted by Gasteiger charge is -2.17. The molecule has 100 valence electrons. The van der Waals surface area contributed by atoms with Crippen LogP contribution in [0.15, 0.2) is 42.5 Å². The Labute approximate surface area is 107 Å². The van der Waals surface area contributed by atoms with Crippen molar-refractivity contribution in [1.82, 2.24) is 0 Å². The first kappa shape index (κ1) is 13.1. The topological polar surface area (TPSA) is 61.3 Å². The SMILES string of the molecule is Nc1ccc(Oc2ccccc2)c(C(F)(F)F)c1N. The van der Waals surface area contributed by atoms with E-state index in [2.05, 4.69) is 0 Å². The molecular weight excluding hydrogens is 257 g/mol. The van der Waals surface area contributed by atoms with Crippen molar-refractivity contribution in [3.63, 3.8) is 0 Å². The summed E-state index contributed by atoms with van der Waals surface area (Å²) in [6.07, 6.45) is -4.64. The fourth-order valence-corrected chi connectivity index (χ4v) is 1.61. The number of ether oxygens (including phenoxy) is 1. The van der Waals surface area contributed by atoms with Gasteiger partial charge in [0.15, 0.2) is 0 Å². The quantitative estimate of drug-likeness (QED) is 0.817. The smallest absolute Gasteiger partial charge is 0.422 e. The molecule has 0 aliphatic heterocycles. The minimum Gasteiger partial charge on any atom is -0.457 e. The van der Waals surface area contributed by atoms with Crippen LogP contribution in [0.3, 0.4) is 0 Å². The van der Waals surface area contributed by atoms with E-state index in [0.717, 1.165) is 6.07 Å². The highest BCUT2D eigenvalue weighted by atomic mass is 19.4. The zero-order chi connectivity index (χ0) is 14.0. The predicted molar refractivity (Wildman–Crippen MR) is 66.8 cm³/mol. The van der Waals surface area contributed by atoms with Gasteiger partial charge in [-0.3, -0.25) is 0 Å². The summed E-state index contributed by atoms with van der Waals surface area (Å²) in [5.41, 5.74) is 9.08. The van der Waals surface area contributed by atoms with Gasteiger partial charge in [0.1, 0.15) is 17.1 Å². The molecule has 2 rings (SSSR count). The third-order valence-electron chi connectivity index (χ3n) is 2.50. The number of nitrogen functional groups attached to an aromatic ring is 2. The third-order valence-corrected chi connectivity index (χ3v) is 2.50. The van der Waals surface area contributed by atoms with Gasteiger partial charge >= 0.3 is 6.18 Å². The predicted octanol–water partition coefficient (Wildman–Crippen LogP) is 3.66. The van der Waals surface area contributed by atoms with Crippen LogP contribution < -0.4 is 16.2 Å². The van der Waals surface area contributed by atoms with Crippen LogP contribution in [0.1, 0.15) is 5.56 Å². The lowest BCUT2D eigenvalue weighted by molar-refractivity contribution is -0.137. The number of benzene rings is 2. The molecule has 0 radical (unpaired) electrons. The lowest BCUT2D eigenvalue weighted by Crippen LogP contribution is -2.12. The van der Waals surface area contributed by atoms with Crippen LogP contribution in [0.25, 0.3) is 0 Å². The van der Waals surface area contributed by atoms with Gasteiger partial charge in [0.25, 0.3) is 0 Å². The minimum atomic E-state index is -4.64. The normalized spacial score (nSPS) is 11.3. The summed E-state index contributed by atoms with van der Waals surface area (Å²) in [6, 6.07) is 10.6. The van der Waals surface area contributed by atoms with E-state index in [1.165, 1.54) is 6.07 Å². The fraction of sp³-hybridized carbons (Fsp3) is 0.0769. The van der Waals surface area contributed by atoms with Crippen LogP contribution in [-0.4, -0.2) is 0 Å². The highest BCUT2D eigenvalue weighted by Crippen LogP contribution is 2.43. The summed E-state index contributed by atoms with van der Waals surface area (Å²) >= 11 is 0. The summed E-state index contributed by atoms with van der Waals surface area (Å²) in [5.74, 6) is -0.0810. The van der Waals surface area contributed by atoms with Crippen LogP contribution in [0.2, 0.25) is 0 Å². The molecule has 6 heteroatoms.